The van der Waals surface area contributed by atoms with Crippen LogP contribution in [0, 0.1) is 5.92 Å². The Balaban J connectivity index is 2.29. The van der Waals surface area contributed by atoms with E-state index >= 15 is 0 Å². The second-order valence-electron chi connectivity index (χ2n) is 4.72. The zero-order valence-corrected chi connectivity index (χ0v) is 9.45. The van der Waals surface area contributed by atoms with E-state index in [1.165, 1.54) is 19.4 Å². The summed E-state index contributed by atoms with van der Waals surface area (Å²) in [7, 11) is 0. The summed E-state index contributed by atoms with van der Waals surface area (Å²) in [6.45, 7) is 6.94. The fraction of sp³-hybridized carbons (Fsp3) is 1.00. The van der Waals surface area contributed by atoms with Gasteiger partial charge in [-0.15, -0.1) is 0 Å². The normalized spacial score (nSPS) is 25.9. The Kier molecular flexibility index (Phi) is 4.85. The van der Waals surface area contributed by atoms with Crippen molar-refractivity contribution in [2.75, 3.05) is 19.7 Å². The number of hydrogen-bond donors (Lipinski definition) is 2. The fourth-order valence-electron chi connectivity index (χ4n) is 2.31. The molecular formula is C11H24N2O. The third kappa shape index (κ3) is 3.23. The Bertz CT molecular complexity index is 161. The minimum absolute atomic E-state index is 0.0385. The first-order chi connectivity index (χ1) is 6.65. The molecule has 1 fully saturated rings. The molecule has 0 bridgehead atoms. The van der Waals surface area contributed by atoms with Gasteiger partial charge in [-0.2, -0.15) is 0 Å². The highest BCUT2D eigenvalue weighted by Gasteiger charge is 2.26. The van der Waals surface area contributed by atoms with Gasteiger partial charge in [0, 0.05) is 12.1 Å². The Morgan fingerprint density at radius 2 is 2.21 bits per heavy atom. The molecule has 0 aliphatic carbocycles. The van der Waals surface area contributed by atoms with Crippen molar-refractivity contribution in [1.82, 2.24) is 4.90 Å². The van der Waals surface area contributed by atoms with Gasteiger partial charge in [-0.05, 0) is 38.3 Å². The van der Waals surface area contributed by atoms with E-state index in [9.17, 15) is 0 Å². The van der Waals surface area contributed by atoms with Crippen LogP contribution in [0.25, 0.3) is 0 Å². The van der Waals surface area contributed by atoms with Crippen LogP contribution >= 0.6 is 0 Å². The van der Waals surface area contributed by atoms with Crippen LogP contribution in [-0.4, -0.2) is 41.8 Å². The van der Waals surface area contributed by atoms with Crippen molar-refractivity contribution in [2.24, 2.45) is 11.7 Å². The summed E-state index contributed by atoms with van der Waals surface area (Å²) in [4.78, 5) is 2.53. The van der Waals surface area contributed by atoms with Crippen molar-refractivity contribution in [1.29, 1.82) is 0 Å². The Hall–Kier alpha value is -0.120. The summed E-state index contributed by atoms with van der Waals surface area (Å²) in [5.41, 5.74) is 5.70. The molecule has 3 nitrogen and oxygen atoms in total. The third-order valence-electron chi connectivity index (χ3n) is 3.21. The molecule has 0 aromatic heterocycles. The van der Waals surface area contributed by atoms with E-state index in [1.54, 1.807) is 0 Å². The van der Waals surface area contributed by atoms with Crippen LogP contribution in [-0.2, 0) is 0 Å². The first-order valence-electron chi connectivity index (χ1n) is 5.75. The highest BCUT2D eigenvalue weighted by molar-refractivity contribution is 4.82. The van der Waals surface area contributed by atoms with Crippen LogP contribution in [0.2, 0.25) is 0 Å². The lowest BCUT2D eigenvalue weighted by atomic mass is 10.0. The smallest absolute Gasteiger partial charge is 0.0583 e. The zero-order valence-electron chi connectivity index (χ0n) is 9.45. The summed E-state index contributed by atoms with van der Waals surface area (Å²) in [6, 6.07) is 0.698. The maximum atomic E-state index is 8.84. The van der Waals surface area contributed by atoms with Crippen LogP contribution in [0.3, 0.4) is 0 Å². The number of rotatable bonds is 5. The van der Waals surface area contributed by atoms with Crippen molar-refractivity contribution in [2.45, 2.75) is 45.2 Å². The van der Waals surface area contributed by atoms with Gasteiger partial charge in [-0.1, -0.05) is 13.8 Å². The first-order valence-corrected chi connectivity index (χ1v) is 5.75. The lowest BCUT2D eigenvalue weighted by molar-refractivity contribution is 0.186. The molecular weight excluding hydrogens is 176 g/mol. The molecule has 2 atom stereocenters. The maximum Gasteiger partial charge on any atom is 0.0583 e. The lowest BCUT2D eigenvalue weighted by Gasteiger charge is -2.28. The van der Waals surface area contributed by atoms with E-state index in [1.807, 2.05) is 0 Å². The minimum atomic E-state index is -0.0385. The van der Waals surface area contributed by atoms with Crippen LogP contribution in [0.15, 0.2) is 0 Å². The Labute approximate surface area is 87.3 Å². The molecule has 3 N–H and O–H groups in total. The van der Waals surface area contributed by atoms with Crippen molar-refractivity contribution >= 4 is 0 Å². The molecule has 1 aliphatic rings. The molecule has 1 heterocycles. The fourth-order valence-corrected chi connectivity index (χ4v) is 2.31. The standard InChI is InChI=1S/C11H24N2O/c1-9(2)11-4-3-6-13(11)7-5-10(12)8-14/h9-11,14H,3-8,12H2,1-2H3. The molecule has 1 aliphatic heterocycles. The summed E-state index contributed by atoms with van der Waals surface area (Å²) < 4.78 is 0. The van der Waals surface area contributed by atoms with Gasteiger partial charge >= 0.3 is 0 Å². The highest BCUT2D eigenvalue weighted by Crippen LogP contribution is 2.23. The van der Waals surface area contributed by atoms with E-state index in [0.717, 1.165) is 24.9 Å². The minimum Gasteiger partial charge on any atom is -0.395 e. The number of nitrogens with zero attached hydrogens (tertiary/aromatic N) is 1. The van der Waals surface area contributed by atoms with Crippen LogP contribution in [0.4, 0.5) is 0 Å². The summed E-state index contributed by atoms with van der Waals surface area (Å²) in [5, 5.41) is 8.84. The van der Waals surface area contributed by atoms with Crippen molar-refractivity contribution < 1.29 is 5.11 Å². The van der Waals surface area contributed by atoms with Crippen LogP contribution in [0.1, 0.15) is 33.1 Å². The average Bonchev–Trinajstić information content (AvgIpc) is 2.62. The predicted octanol–water partition coefficient (Wildman–Crippen LogP) is 0.816. The third-order valence-corrected chi connectivity index (χ3v) is 3.21. The second-order valence-corrected chi connectivity index (χ2v) is 4.72. The van der Waals surface area contributed by atoms with Crippen LogP contribution in [0.5, 0.6) is 0 Å². The molecule has 0 aromatic rings. The topological polar surface area (TPSA) is 49.5 Å². The molecule has 0 spiro atoms. The molecule has 0 amide bonds. The molecule has 84 valence electrons. The van der Waals surface area contributed by atoms with E-state index in [-0.39, 0.29) is 12.6 Å². The highest BCUT2D eigenvalue weighted by atomic mass is 16.3. The van der Waals surface area contributed by atoms with E-state index in [0.29, 0.717) is 0 Å². The van der Waals surface area contributed by atoms with Gasteiger partial charge in [0.15, 0.2) is 0 Å². The molecule has 1 rings (SSSR count). The predicted molar refractivity (Wildman–Crippen MR) is 59.1 cm³/mol. The monoisotopic (exact) mass is 200 g/mol. The summed E-state index contributed by atoms with van der Waals surface area (Å²) in [6.07, 6.45) is 3.56. The molecule has 0 aromatic carbocycles. The van der Waals surface area contributed by atoms with Gasteiger partial charge in [0.1, 0.15) is 0 Å². The second kappa shape index (κ2) is 5.69. The van der Waals surface area contributed by atoms with Gasteiger partial charge in [0.2, 0.25) is 0 Å². The molecule has 2 unspecified atom stereocenters. The molecule has 0 saturated carbocycles. The summed E-state index contributed by atoms with van der Waals surface area (Å²) >= 11 is 0. The maximum absolute atomic E-state index is 8.84. The number of likely N-dealkylation sites (tertiary alicyclic amines) is 1. The van der Waals surface area contributed by atoms with Gasteiger partial charge in [-0.3, -0.25) is 0 Å². The van der Waals surface area contributed by atoms with E-state index in [2.05, 4.69) is 18.7 Å². The van der Waals surface area contributed by atoms with Gasteiger partial charge < -0.3 is 15.7 Å². The van der Waals surface area contributed by atoms with Gasteiger partial charge in [0.05, 0.1) is 6.61 Å². The Morgan fingerprint density at radius 1 is 1.50 bits per heavy atom. The van der Waals surface area contributed by atoms with Crippen molar-refractivity contribution in [3.8, 4) is 0 Å². The zero-order chi connectivity index (χ0) is 10.6. The SMILES string of the molecule is CC(C)C1CCCN1CCC(N)CO. The summed E-state index contributed by atoms with van der Waals surface area (Å²) in [5.74, 6) is 0.739. The van der Waals surface area contributed by atoms with Gasteiger partial charge in [-0.25, -0.2) is 0 Å². The number of aliphatic hydroxyl groups is 1. The number of aliphatic hydroxyl groups excluding tert-OH is 1. The lowest BCUT2D eigenvalue weighted by Crippen LogP contribution is -2.37. The molecule has 14 heavy (non-hydrogen) atoms. The molecule has 1 saturated heterocycles. The molecule has 3 heteroatoms. The van der Waals surface area contributed by atoms with Crippen molar-refractivity contribution in [3.63, 3.8) is 0 Å². The first kappa shape index (κ1) is 12.0. The molecule has 0 radical (unpaired) electrons. The van der Waals surface area contributed by atoms with Gasteiger partial charge in [0.25, 0.3) is 0 Å². The van der Waals surface area contributed by atoms with E-state index in [4.69, 9.17) is 10.8 Å². The number of nitrogens with two attached hydrogens (primary N) is 1. The van der Waals surface area contributed by atoms with Crippen LogP contribution < -0.4 is 5.73 Å². The average molecular weight is 200 g/mol. The van der Waals surface area contributed by atoms with E-state index < -0.39 is 0 Å². The largest absolute Gasteiger partial charge is 0.395 e. The quantitative estimate of drug-likeness (QED) is 0.690. The van der Waals surface area contributed by atoms with Crippen molar-refractivity contribution in [3.05, 3.63) is 0 Å². The number of hydrogen-bond acceptors (Lipinski definition) is 3. The Morgan fingerprint density at radius 3 is 2.79 bits per heavy atom.